The third kappa shape index (κ3) is 4.90. The number of aliphatic hydroxyl groups is 1. The molecule has 0 radical (unpaired) electrons. The molecular formula is C41H36Br2N4O. The largest absolute Gasteiger partial charge is 0.386 e. The van der Waals surface area contributed by atoms with E-state index >= 15 is 0 Å². The molecule has 240 valence electrons. The van der Waals surface area contributed by atoms with E-state index in [2.05, 4.69) is 133 Å². The van der Waals surface area contributed by atoms with Crippen LogP contribution in [0.2, 0.25) is 0 Å². The Morgan fingerprint density at radius 2 is 1.17 bits per heavy atom. The van der Waals surface area contributed by atoms with E-state index in [-0.39, 0.29) is 12.8 Å². The minimum absolute atomic E-state index is 0. The highest BCUT2D eigenvalue weighted by Gasteiger charge is 2.35. The summed E-state index contributed by atoms with van der Waals surface area (Å²) in [6.07, 6.45) is 3.65. The van der Waals surface area contributed by atoms with Gasteiger partial charge in [-0.2, -0.15) is 0 Å². The van der Waals surface area contributed by atoms with Gasteiger partial charge in [0.05, 0.1) is 27.7 Å². The number of fused-ring (bicyclic) bond motifs is 8. The number of rotatable bonds is 2. The van der Waals surface area contributed by atoms with Crippen molar-refractivity contribution >= 4 is 75.5 Å². The zero-order chi connectivity index (χ0) is 32.7. The van der Waals surface area contributed by atoms with Crippen LogP contribution in [0, 0.1) is 0 Å². The summed E-state index contributed by atoms with van der Waals surface area (Å²) in [5, 5.41) is 15.5. The van der Waals surface area contributed by atoms with Gasteiger partial charge in [-0.3, -0.25) is 9.13 Å². The van der Waals surface area contributed by atoms with E-state index in [4.69, 9.17) is 4.98 Å². The highest BCUT2D eigenvalue weighted by molar-refractivity contribution is 9.10. The Balaban J connectivity index is 0.000000149. The van der Waals surface area contributed by atoms with Crippen molar-refractivity contribution < 1.29 is 5.11 Å². The summed E-state index contributed by atoms with van der Waals surface area (Å²) in [5.74, 6) is 1.81. The Morgan fingerprint density at radius 3 is 1.88 bits per heavy atom. The average molecular weight is 761 g/mol. The maximum atomic E-state index is 10.6. The molecule has 0 aliphatic carbocycles. The maximum absolute atomic E-state index is 10.6. The number of aromatic nitrogens is 4. The zero-order valence-electron chi connectivity index (χ0n) is 26.5. The lowest BCUT2D eigenvalue weighted by atomic mass is 9.76. The molecule has 1 aliphatic heterocycles. The van der Waals surface area contributed by atoms with E-state index in [0.29, 0.717) is 0 Å². The van der Waals surface area contributed by atoms with Crippen LogP contribution in [-0.2, 0) is 11.0 Å². The molecule has 0 bridgehead atoms. The topological polar surface area (TPSA) is 55.9 Å². The van der Waals surface area contributed by atoms with Gasteiger partial charge in [0.25, 0.3) is 0 Å². The Labute approximate surface area is 297 Å². The van der Waals surface area contributed by atoms with E-state index in [1.54, 1.807) is 20.0 Å². The first-order valence-corrected chi connectivity index (χ1v) is 17.2. The summed E-state index contributed by atoms with van der Waals surface area (Å²) >= 11 is 7.19. The molecule has 48 heavy (non-hydrogen) atoms. The van der Waals surface area contributed by atoms with Crippen molar-refractivity contribution in [2.45, 2.75) is 46.1 Å². The van der Waals surface area contributed by atoms with Crippen molar-refractivity contribution in [1.82, 2.24) is 19.1 Å². The first kappa shape index (κ1) is 32.3. The second-order valence-corrected chi connectivity index (χ2v) is 15.0. The molecule has 1 aliphatic rings. The maximum Gasteiger partial charge on any atom is 0.143 e. The van der Waals surface area contributed by atoms with Gasteiger partial charge in [-0.15, -0.1) is 0 Å². The molecule has 0 atom stereocenters. The average Bonchev–Trinajstić information content (AvgIpc) is 3.56. The molecule has 5 heterocycles. The van der Waals surface area contributed by atoms with Crippen molar-refractivity contribution in [3.8, 4) is 11.6 Å². The summed E-state index contributed by atoms with van der Waals surface area (Å²) in [5.41, 5.74) is 7.05. The van der Waals surface area contributed by atoms with Crippen LogP contribution in [0.15, 0.2) is 124 Å². The van der Waals surface area contributed by atoms with Crippen LogP contribution in [0.5, 0.6) is 0 Å². The first-order valence-electron chi connectivity index (χ1n) is 15.6. The SMILES string of the molecule is C.CC(C)(O)c1cccnc1-n1c2ccccc2c2ccc(Br)cc21.CC1(C)c2cccnc2-n2c3cc(Br)ccc3c3cccc1c32. The lowest BCUT2D eigenvalue weighted by Gasteiger charge is -2.33. The molecule has 1 N–H and O–H groups in total. The van der Waals surface area contributed by atoms with E-state index in [1.807, 2.05) is 36.5 Å². The molecule has 0 spiro atoms. The van der Waals surface area contributed by atoms with Crippen LogP contribution in [0.4, 0.5) is 0 Å². The smallest absolute Gasteiger partial charge is 0.143 e. The number of pyridine rings is 2. The van der Waals surface area contributed by atoms with Crippen molar-refractivity contribution in [3.63, 3.8) is 0 Å². The molecule has 9 rings (SSSR count). The Kier molecular flexibility index (Phi) is 7.86. The fraction of sp³-hybridized carbons (Fsp3) is 0.171. The van der Waals surface area contributed by atoms with Gasteiger partial charge in [-0.25, -0.2) is 9.97 Å². The van der Waals surface area contributed by atoms with Crippen LogP contribution >= 0.6 is 31.9 Å². The molecule has 0 unspecified atom stereocenters. The van der Waals surface area contributed by atoms with E-state index < -0.39 is 5.60 Å². The highest BCUT2D eigenvalue weighted by atomic mass is 79.9. The van der Waals surface area contributed by atoms with Gasteiger partial charge in [0, 0.05) is 59.4 Å². The molecule has 0 saturated carbocycles. The molecule has 0 fully saturated rings. The van der Waals surface area contributed by atoms with Crippen molar-refractivity contribution in [2.24, 2.45) is 0 Å². The molecule has 5 nitrogen and oxygen atoms in total. The lowest BCUT2D eigenvalue weighted by Crippen LogP contribution is -2.26. The number of nitrogens with zero attached hydrogens (tertiary/aromatic N) is 4. The summed E-state index contributed by atoms with van der Waals surface area (Å²) < 4.78 is 6.56. The standard InChI is InChI=1S/C20H17BrN2O.C20H15BrN2.CH4/c1-20(2,24)16-7-5-11-22-19(16)23-17-8-4-3-6-14(17)15-10-9-13(21)12-18(15)23;1-20(2)15-6-3-5-14-13-9-8-12(21)11-17(13)23(18(14)15)19-16(20)7-4-10-22-19;/h3-12,24H,1-2H3;3-11H,1-2H3;1H4. The van der Waals surface area contributed by atoms with Gasteiger partial charge in [-0.1, -0.05) is 114 Å². The van der Waals surface area contributed by atoms with Crippen LogP contribution in [0.1, 0.15) is 51.8 Å². The van der Waals surface area contributed by atoms with Crippen LogP contribution in [-0.4, -0.2) is 24.2 Å². The number of benzene rings is 4. The fourth-order valence-electron chi connectivity index (χ4n) is 7.20. The van der Waals surface area contributed by atoms with Gasteiger partial charge in [0.2, 0.25) is 0 Å². The van der Waals surface area contributed by atoms with Crippen LogP contribution in [0.25, 0.3) is 55.2 Å². The quantitative estimate of drug-likeness (QED) is 0.191. The van der Waals surface area contributed by atoms with E-state index in [9.17, 15) is 5.11 Å². The molecule has 4 aromatic carbocycles. The summed E-state index contributed by atoms with van der Waals surface area (Å²) in [7, 11) is 0. The third-order valence-electron chi connectivity index (χ3n) is 9.39. The second kappa shape index (κ2) is 11.7. The molecule has 7 heteroatoms. The summed E-state index contributed by atoms with van der Waals surface area (Å²) in [6.45, 7) is 8.16. The Hall–Kier alpha value is -4.30. The molecule has 4 aromatic heterocycles. The lowest BCUT2D eigenvalue weighted by molar-refractivity contribution is 0.0782. The summed E-state index contributed by atoms with van der Waals surface area (Å²) in [4.78, 5) is 9.34. The predicted octanol–water partition coefficient (Wildman–Crippen LogP) is 11.4. The van der Waals surface area contributed by atoms with Gasteiger partial charge < -0.3 is 5.11 Å². The minimum Gasteiger partial charge on any atom is -0.386 e. The third-order valence-corrected chi connectivity index (χ3v) is 10.4. The van der Waals surface area contributed by atoms with Crippen LogP contribution < -0.4 is 0 Å². The molecular weight excluding hydrogens is 724 g/mol. The molecule has 8 aromatic rings. The first-order chi connectivity index (χ1) is 22.6. The van der Waals surface area contributed by atoms with Crippen LogP contribution in [0.3, 0.4) is 0 Å². The molecule has 0 saturated heterocycles. The predicted molar refractivity (Wildman–Crippen MR) is 207 cm³/mol. The van der Waals surface area contributed by atoms with Gasteiger partial charge >= 0.3 is 0 Å². The Morgan fingerprint density at radius 1 is 0.604 bits per heavy atom. The van der Waals surface area contributed by atoms with Crippen molar-refractivity contribution in [1.29, 1.82) is 0 Å². The minimum atomic E-state index is -0.979. The van der Waals surface area contributed by atoms with Crippen molar-refractivity contribution in [3.05, 3.63) is 141 Å². The van der Waals surface area contributed by atoms with Gasteiger partial charge in [0.15, 0.2) is 0 Å². The van der Waals surface area contributed by atoms with E-state index in [0.717, 1.165) is 37.2 Å². The Bertz CT molecular complexity index is 2520. The number of para-hydroxylation sites is 2. The van der Waals surface area contributed by atoms with Gasteiger partial charge in [-0.05, 0) is 61.9 Å². The number of halogens is 2. The fourth-order valence-corrected chi connectivity index (χ4v) is 7.89. The van der Waals surface area contributed by atoms with Crippen molar-refractivity contribution in [2.75, 3.05) is 0 Å². The molecule has 0 amide bonds. The van der Waals surface area contributed by atoms with Gasteiger partial charge in [0.1, 0.15) is 11.6 Å². The monoisotopic (exact) mass is 758 g/mol. The zero-order valence-corrected chi connectivity index (χ0v) is 29.6. The summed E-state index contributed by atoms with van der Waals surface area (Å²) in [6, 6.07) is 35.7. The normalized spacial score (nSPS) is 13.3. The number of hydrogen-bond acceptors (Lipinski definition) is 3. The number of hydrogen-bond donors (Lipinski definition) is 1. The highest BCUT2D eigenvalue weighted by Crippen LogP contribution is 2.47. The second-order valence-electron chi connectivity index (χ2n) is 13.1. The van der Waals surface area contributed by atoms with E-state index in [1.165, 1.54) is 43.7 Å².